The van der Waals surface area contributed by atoms with E-state index in [1.54, 1.807) is 12.1 Å². The lowest BCUT2D eigenvalue weighted by Crippen LogP contribution is -2.26. The van der Waals surface area contributed by atoms with Crippen molar-refractivity contribution in [3.05, 3.63) is 28.2 Å². The number of nitrogens with one attached hydrogen (secondary N) is 1. The Bertz CT molecular complexity index is 462. The topological polar surface area (TPSA) is 52.6 Å². The number of rotatable bonds is 9. The van der Waals surface area contributed by atoms with Gasteiger partial charge in [-0.3, -0.25) is 0 Å². The van der Waals surface area contributed by atoms with Gasteiger partial charge in [0.25, 0.3) is 0 Å². The third-order valence-electron chi connectivity index (χ3n) is 3.62. The van der Waals surface area contributed by atoms with Crippen LogP contribution in [0, 0.1) is 0 Å². The highest BCUT2D eigenvalue weighted by atomic mass is 79.9. The second-order valence-corrected chi connectivity index (χ2v) is 6.13. The number of carboxylic acid groups (broad SMARTS) is 1. The van der Waals surface area contributed by atoms with E-state index in [1.165, 1.54) is 0 Å². The van der Waals surface area contributed by atoms with Crippen molar-refractivity contribution in [3.63, 3.8) is 0 Å². The third kappa shape index (κ3) is 6.06. The molecule has 2 N–H and O–H groups in total. The van der Waals surface area contributed by atoms with Gasteiger partial charge in [-0.05, 0) is 57.6 Å². The van der Waals surface area contributed by atoms with E-state index in [0.29, 0.717) is 11.3 Å². The zero-order chi connectivity index (χ0) is 15.8. The first-order chi connectivity index (χ1) is 9.97. The van der Waals surface area contributed by atoms with Crippen molar-refractivity contribution in [3.8, 4) is 0 Å². The minimum Gasteiger partial charge on any atom is -0.478 e. The molecular formula is C16H25BrN2O2. The molecule has 118 valence electrons. The van der Waals surface area contributed by atoms with Crippen LogP contribution in [0.3, 0.4) is 0 Å². The Balaban J connectivity index is 2.56. The summed E-state index contributed by atoms with van der Waals surface area (Å²) in [6.07, 6.45) is 2.12. The molecule has 0 aliphatic rings. The number of nitrogens with zero attached hydrogens (tertiary/aromatic N) is 1. The van der Waals surface area contributed by atoms with Gasteiger partial charge in [0.1, 0.15) is 0 Å². The second-order valence-electron chi connectivity index (χ2n) is 5.21. The molecule has 0 amide bonds. The first-order valence-corrected chi connectivity index (χ1v) is 8.28. The predicted molar refractivity (Wildman–Crippen MR) is 91.2 cm³/mol. The quantitative estimate of drug-likeness (QED) is 0.700. The average Bonchev–Trinajstić information content (AvgIpc) is 2.43. The summed E-state index contributed by atoms with van der Waals surface area (Å²) in [5.41, 5.74) is 0.987. The Morgan fingerprint density at radius 1 is 1.38 bits per heavy atom. The van der Waals surface area contributed by atoms with Gasteiger partial charge in [0, 0.05) is 10.5 Å². The lowest BCUT2D eigenvalue weighted by Gasteiger charge is -2.21. The molecule has 5 heteroatoms. The molecule has 1 rings (SSSR count). The van der Waals surface area contributed by atoms with E-state index in [-0.39, 0.29) is 6.04 Å². The summed E-state index contributed by atoms with van der Waals surface area (Å²) in [4.78, 5) is 13.6. The van der Waals surface area contributed by atoms with Crippen LogP contribution in [-0.2, 0) is 0 Å². The largest absolute Gasteiger partial charge is 0.478 e. The Kier molecular flexibility index (Phi) is 7.75. The van der Waals surface area contributed by atoms with Crippen molar-refractivity contribution >= 4 is 27.6 Å². The third-order valence-corrected chi connectivity index (χ3v) is 4.11. The van der Waals surface area contributed by atoms with Gasteiger partial charge < -0.3 is 15.3 Å². The lowest BCUT2D eigenvalue weighted by molar-refractivity contribution is 0.0698. The van der Waals surface area contributed by atoms with Gasteiger partial charge in [0.05, 0.1) is 11.3 Å². The Morgan fingerprint density at radius 2 is 2.05 bits per heavy atom. The fourth-order valence-electron chi connectivity index (χ4n) is 2.32. The van der Waals surface area contributed by atoms with E-state index in [1.807, 2.05) is 6.07 Å². The molecule has 4 nitrogen and oxygen atoms in total. The van der Waals surface area contributed by atoms with Gasteiger partial charge in [-0.2, -0.15) is 0 Å². The van der Waals surface area contributed by atoms with Gasteiger partial charge in [-0.15, -0.1) is 0 Å². The molecule has 1 aromatic rings. The monoisotopic (exact) mass is 356 g/mol. The maximum atomic E-state index is 11.2. The number of hydrogen-bond acceptors (Lipinski definition) is 3. The molecule has 0 bridgehead atoms. The molecule has 0 aliphatic carbocycles. The van der Waals surface area contributed by atoms with Crippen LogP contribution in [0.2, 0.25) is 0 Å². The van der Waals surface area contributed by atoms with Crippen LogP contribution < -0.4 is 5.32 Å². The fraction of sp³-hybridized carbons (Fsp3) is 0.562. The average molecular weight is 357 g/mol. The highest BCUT2D eigenvalue weighted by Gasteiger charge is 2.12. The fourth-order valence-corrected chi connectivity index (χ4v) is 2.68. The van der Waals surface area contributed by atoms with Crippen molar-refractivity contribution in [2.24, 2.45) is 0 Å². The van der Waals surface area contributed by atoms with Crippen LogP contribution in [0.4, 0.5) is 5.69 Å². The van der Waals surface area contributed by atoms with Crippen LogP contribution in [0.25, 0.3) is 0 Å². The summed E-state index contributed by atoms with van der Waals surface area (Å²) < 4.78 is 0.880. The number of hydrogen-bond donors (Lipinski definition) is 2. The van der Waals surface area contributed by atoms with Gasteiger partial charge in [0.2, 0.25) is 0 Å². The van der Waals surface area contributed by atoms with E-state index in [0.717, 1.165) is 36.9 Å². The summed E-state index contributed by atoms with van der Waals surface area (Å²) in [6, 6.07) is 5.44. The summed E-state index contributed by atoms with van der Waals surface area (Å²) >= 11 is 3.39. The molecule has 0 saturated carbocycles. The second kappa shape index (κ2) is 9.05. The normalized spacial score (nSPS) is 12.4. The molecule has 1 aromatic carbocycles. The van der Waals surface area contributed by atoms with E-state index in [9.17, 15) is 9.90 Å². The molecule has 0 spiro atoms. The smallest absolute Gasteiger partial charge is 0.337 e. The zero-order valence-electron chi connectivity index (χ0n) is 13.0. The minimum absolute atomic E-state index is 0.243. The van der Waals surface area contributed by atoms with Crippen LogP contribution in [0.1, 0.15) is 44.0 Å². The number of halogens is 1. The Morgan fingerprint density at radius 3 is 2.62 bits per heavy atom. The Hall–Kier alpha value is -1.07. The van der Waals surface area contributed by atoms with Crippen LogP contribution >= 0.6 is 15.9 Å². The predicted octanol–water partition coefficient (Wildman–Crippen LogP) is 4.07. The van der Waals surface area contributed by atoms with Crippen molar-refractivity contribution < 1.29 is 9.90 Å². The number of benzene rings is 1. The summed E-state index contributed by atoms with van der Waals surface area (Å²) in [5.74, 6) is -0.902. The summed E-state index contributed by atoms with van der Waals surface area (Å²) in [5, 5.41) is 12.5. The first-order valence-electron chi connectivity index (χ1n) is 7.49. The molecule has 0 saturated heterocycles. The van der Waals surface area contributed by atoms with Gasteiger partial charge in [-0.25, -0.2) is 4.79 Å². The molecule has 0 radical (unpaired) electrons. The molecule has 1 unspecified atom stereocenters. The number of anilines is 1. The maximum Gasteiger partial charge on any atom is 0.337 e. The molecule has 0 heterocycles. The van der Waals surface area contributed by atoms with Crippen LogP contribution in [0.5, 0.6) is 0 Å². The van der Waals surface area contributed by atoms with E-state index in [2.05, 4.69) is 46.9 Å². The summed E-state index contributed by atoms with van der Waals surface area (Å²) in [6.45, 7) is 9.68. The molecule has 1 atom stereocenters. The van der Waals surface area contributed by atoms with Crippen molar-refractivity contribution in [1.29, 1.82) is 0 Å². The van der Waals surface area contributed by atoms with E-state index in [4.69, 9.17) is 0 Å². The SMILES string of the molecule is CCN(CC)CCCC(C)Nc1cc(Br)ccc1C(=O)O. The van der Waals surface area contributed by atoms with Crippen molar-refractivity contribution in [1.82, 2.24) is 4.90 Å². The maximum absolute atomic E-state index is 11.2. The minimum atomic E-state index is -0.902. The van der Waals surface area contributed by atoms with Gasteiger partial charge in [-0.1, -0.05) is 29.8 Å². The summed E-state index contributed by atoms with van der Waals surface area (Å²) in [7, 11) is 0. The Labute approximate surface area is 135 Å². The van der Waals surface area contributed by atoms with Gasteiger partial charge in [0.15, 0.2) is 0 Å². The van der Waals surface area contributed by atoms with Gasteiger partial charge >= 0.3 is 5.97 Å². The first kappa shape index (κ1) is 18.0. The van der Waals surface area contributed by atoms with Crippen LogP contribution in [-0.4, -0.2) is 41.7 Å². The van der Waals surface area contributed by atoms with Crippen molar-refractivity contribution in [2.75, 3.05) is 25.0 Å². The van der Waals surface area contributed by atoms with E-state index < -0.39 is 5.97 Å². The number of carbonyl (C=O) groups is 1. The van der Waals surface area contributed by atoms with Crippen LogP contribution in [0.15, 0.2) is 22.7 Å². The zero-order valence-corrected chi connectivity index (χ0v) is 14.6. The molecular weight excluding hydrogens is 332 g/mol. The lowest BCUT2D eigenvalue weighted by atomic mass is 10.1. The highest BCUT2D eigenvalue weighted by molar-refractivity contribution is 9.10. The number of aromatic carboxylic acids is 1. The highest BCUT2D eigenvalue weighted by Crippen LogP contribution is 2.23. The molecule has 21 heavy (non-hydrogen) atoms. The molecule has 0 fully saturated rings. The van der Waals surface area contributed by atoms with Crippen molar-refractivity contribution in [2.45, 2.75) is 39.7 Å². The standard InChI is InChI=1S/C16H25BrN2O2/c1-4-19(5-2)10-6-7-12(3)18-15-11-13(17)8-9-14(15)16(20)21/h8-9,11-12,18H,4-7,10H2,1-3H3,(H,20,21). The van der Waals surface area contributed by atoms with E-state index >= 15 is 0 Å². The molecule has 0 aliphatic heterocycles. The number of carboxylic acids is 1. The molecule has 0 aromatic heterocycles.